The first-order chi connectivity index (χ1) is 16.7. The van der Waals surface area contributed by atoms with E-state index in [9.17, 15) is 18.5 Å². The van der Waals surface area contributed by atoms with E-state index >= 15 is 0 Å². The summed E-state index contributed by atoms with van der Waals surface area (Å²) in [6, 6.07) is 13.2. The number of nitrogens with zero attached hydrogens (tertiary/aromatic N) is 7. The van der Waals surface area contributed by atoms with Crippen molar-refractivity contribution in [3.63, 3.8) is 0 Å². The summed E-state index contributed by atoms with van der Waals surface area (Å²) in [5.74, 6) is 0.344. The highest BCUT2D eigenvalue weighted by molar-refractivity contribution is 7.90. The molecule has 0 amide bonds. The van der Waals surface area contributed by atoms with Crippen LogP contribution in [0.15, 0.2) is 53.4 Å². The van der Waals surface area contributed by atoms with E-state index in [-0.39, 0.29) is 28.4 Å². The van der Waals surface area contributed by atoms with Crippen LogP contribution in [0.25, 0.3) is 0 Å². The first kappa shape index (κ1) is 24.7. The van der Waals surface area contributed by atoms with Gasteiger partial charge >= 0.3 is 0 Å². The van der Waals surface area contributed by atoms with Crippen molar-refractivity contribution in [3.8, 4) is 0 Å². The molecule has 12 heteroatoms. The van der Waals surface area contributed by atoms with Crippen LogP contribution in [0.5, 0.6) is 0 Å². The number of tetrazole rings is 1. The lowest BCUT2D eigenvalue weighted by atomic mass is 10.0. The molecule has 1 aliphatic rings. The molecule has 2 heterocycles. The van der Waals surface area contributed by atoms with E-state index in [4.69, 9.17) is 0 Å². The van der Waals surface area contributed by atoms with E-state index in [0.717, 1.165) is 37.4 Å². The number of benzene rings is 2. The van der Waals surface area contributed by atoms with Gasteiger partial charge in [0.15, 0.2) is 21.5 Å². The van der Waals surface area contributed by atoms with Crippen LogP contribution in [0.4, 0.5) is 11.4 Å². The molecule has 186 valence electrons. The molecule has 0 spiro atoms. The van der Waals surface area contributed by atoms with E-state index < -0.39 is 14.8 Å². The van der Waals surface area contributed by atoms with Crippen LogP contribution < -0.4 is 4.90 Å². The van der Waals surface area contributed by atoms with Gasteiger partial charge in [-0.2, -0.15) is 0 Å². The SMILES string of the molecule is Cc1ccc(S(=O)(=O)Cn2nnnc2[C@H](C(C)C)N2CCN(c3ccc([N+](=O)[O-])cc3)CC2)cc1. The van der Waals surface area contributed by atoms with Gasteiger partial charge in [0.25, 0.3) is 5.69 Å². The minimum Gasteiger partial charge on any atom is -0.369 e. The molecular weight excluding hydrogens is 470 g/mol. The standard InChI is InChI=1S/C23H29N7O4S/c1-17(2)22(28-14-12-27(13-15-28)19-6-8-20(9-7-19)30(31)32)23-24-25-26-29(23)16-35(33,34)21-10-4-18(3)5-11-21/h4-11,17,22H,12-16H2,1-3H3/t22-/m0/s1. The van der Waals surface area contributed by atoms with Crippen LogP contribution >= 0.6 is 0 Å². The van der Waals surface area contributed by atoms with Crippen molar-refractivity contribution in [2.24, 2.45) is 5.92 Å². The molecule has 0 unspecified atom stereocenters. The van der Waals surface area contributed by atoms with Crippen molar-refractivity contribution in [1.82, 2.24) is 25.1 Å². The number of non-ortho nitro benzene ring substituents is 1. The number of rotatable bonds is 8. The molecule has 11 nitrogen and oxygen atoms in total. The first-order valence-corrected chi connectivity index (χ1v) is 13.1. The van der Waals surface area contributed by atoms with Crippen LogP contribution in [-0.2, 0) is 15.7 Å². The summed E-state index contributed by atoms with van der Waals surface area (Å²) in [7, 11) is -3.62. The minimum atomic E-state index is -3.62. The lowest BCUT2D eigenvalue weighted by Gasteiger charge is -2.41. The monoisotopic (exact) mass is 499 g/mol. The molecule has 1 atom stereocenters. The predicted octanol–water partition coefficient (Wildman–Crippen LogP) is 2.84. The van der Waals surface area contributed by atoms with Crippen molar-refractivity contribution >= 4 is 21.2 Å². The highest BCUT2D eigenvalue weighted by Crippen LogP contribution is 2.30. The van der Waals surface area contributed by atoms with Gasteiger partial charge in [-0.25, -0.2) is 13.1 Å². The molecule has 35 heavy (non-hydrogen) atoms. The van der Waals surface area contributed by atoms with Crippen molar-refractivity contribution < 1.29 is 13.3 Å². The van der Waals surface area contributed by atoms with Crippen molar-refractivity contribution in [3.05, 3.63) is 70.0 Å². The molecule has 0 N–H and O–H groups in total. The Kier molecular flexibility index (Phi) is 7.13. The van der Waals surface area contributed by atoms with Gasteiger partial charge < -0.3 is 4.90 Å². The number of aryl methyl sites for hydroxylation is 1. The van der Waals surface area contributed by atoms with E-state index in [0.29, 0.717) is 5.82 Å². The molecule has 0 aliphatic carbocycles. The third kappa shape index (κ3) is 5.49. The molecule has 1 aliphatic heterocycles. The number of sulfone groups is 1. The second-order valence-electron chi connectivity index (χ2n) is 9.08. The maximum absolute atomic E-state index is 13.0. The number of anilines is 1. The number of hydrogen-bond acceptors (Lipinski definition) is 9. The fourth-order valence-electron chi connectivity index (χ4n) is 4.42. The third-order valence-corrected chi connectivity index (χ3v) is 7.84. The average molecular weight is 500 g/mol. The van der Waals surface area contributed by atoms with Gasteiger partial charge in [0, 0.05) is 44.0 Å². The quantitative estimate of drug-likeness (QED) is 0.339. The van der Waals surface area contributed by atoms with Crippen LogP contribution in [0, 0.1) is 23.0 Å². The lowest BCUT2D eigenvalue weighted by Crippen LogP contribution is -2.49. The van der Waals surface area contributed by atoms with Crippen molar-refractivity contribution in [2.45, 2.75) is 37.6 Å². The molecule has 0 radical (unpaired) electrons. The summed E-state index contributed by atoms with van der Waals surface area (Å²) >= 11 is 0. The number of nitro groups is 1. The van der Waals surface area contributed by atoms with E-state index in [1.165, 1.54) is 16.8 Å². The maximum atomic E-state index is 13.0. The fourth-order valence-corrected chi connectivity index (χ4v) is 5.63. The predicted molar refractivity (Wildman–Crippen MR) is 131 cm³/mol. The van der Waals surface area contributed by atoms with Gasteiger partial charge in [0.2, 0.25) is 0 Å². The van der Waals surface area contributed by atoms with Crippen LogP contribution in [-0.4, -0.2) is 64.6 Å². The molecule has 3 aromatic rings. The highest BCUT2D eigenvalue weighted by Gasteiger charge is 2.32. The zero-order valence-corrected chi connectivity index (χ0v) is 20.8. The smallest absolute Gasteiger partial charge is 0.269 e. The van der Waals surface area contributed by atoms with Gasteiger partial charge in [-0.15, -0.1) is 5.10 Å². The second-order valence-corrected chi connectivity index (χ2v) is 11.0. The van der Waals surface area contributed by atoms with Crippen LogP contribution in [0.1, 0.15) is 31.3 Å². The van der Waals surface area contributed by atoms with Crippen LogP contribution in [0.3, 0.4) is 0 Å². The number of nitro benzene ring substituents is 1. The summed E-state index contributed by atoms with van der Waals surface area (Å²) < 4.78 is 27.4. The topological polar surface area (TPSA) is 127 Å². The van der Waals surface area contributed by atoms with Gasteiger partial charge in [0.1, 0.15) is 0 Å². The lowest BCUT2D eigenvalue weighted by molar-refractivity contribution is -0.384. The minimum absolute atomic E-state index is 0.0692. The molecule has 0 bridgehead atoms. The van der Waals surface area contributed by atoms with Crippen molar-refractivity contribution in [1.29, 1.82) is 0 Å². The Bertz CT molecular complexity index is 1270. The van der Waals surface area contributed by atoms with Gasteiger partial charge in [-0.3, -0.25) is 15.0 Å². The fraction of sp³-hybridized carbons (Fsp3) is 0.435. The maximum Gasteiger partial charge on any atom is 0.269 e. The number of aromatic nitrogens is 4. The zero-order valence-electron chi connectivity index (χ0n) is 20.0. The molecular formula is C23H29N7O4S. The normalized spacial score (nSPS) is 15.9. The number of hydrogen-bond donors (Lipinski definition) is 0. The number of piperazine rings is 1. The Balaban J connectivity index is 1.49. The molecule has 2 aromatic carbocycles. The van der Waals surface area contributed by atoms with Gasteiger partial charge in [-0.1, -0.05) is 31.5 Å². The summed E-state index contributed by atoms with van der Waals surface area (Å²) in [4.78, 5) is 15.2. The third-order valence-electron chi connectivity index (χ3n) is 6.26. The largest absolute Gasteiger partial charge is 0.369 e. The van der Waals surface area contributed by atoms with Gasteiger partial charge in [0.05, 0.1) is 15.9 Å². The Morgan fingerprint density at radius 1 is 1.00 bits per heavy atom. The first-order valence-electron chi connectivity index (χ1n) is 11.4. The van der Waals surface area contributed by atoms with E-state index in [2.05, 4.69) is 39.2 Å². The second kappa shape index (κ2) is 10.1. The average Bonchev–Trinajstić information content (AvgIpc) is 3.26. The Morgan fingerprint density at radius 2 is 1.63 bits per heavy atom. The zero-order chi connectivity index (χ0) is 25.2. The van der Waals surface area contributed by atoms with Gasteiger partial charge in [-0.05, 0) is 47.5 Å². The Morgan fingerprint density at radius 3 is 2.20 bits per heavy atom. The summed E-state index contributed by atoms with van der Waals surface area (Å²) in [6.45, 7) is 8.94. The molecule has 1 fully saturated rings. The molecule has 0 saturated carbocycles. The summed E-state index contributed by atoms with van der Waals surface area (Å²) in [5, 5.41) is 23.0. The van der Waals surface area contributed by atoms with Crippen LogP contribution in [0.2, 0.25) is 0 Å². The van der Waals surface area contributed by atoms with E-state index in [1.807, 2.05) is 6.92 Å². The highest BCUT2D eigenvalue weighted by atomic mass is 32.2. The Labute approximate surface area is 204 Å². The summed E-state index contributed by atoms with van der Waals surface area (Å²) in [6.07, 6.45) is 0. The summed E-state index contributed by atoms with van der Waals surface area (Å²) in [5.41, 5.74) is 1.99. The van der Waals surface area contributed by atoms with E-state index in [1.54, 1.807) is 36.4 Å². The van der Waals surface area contributed by atoms with Crippen molar-refractivity contribution in [2.75, 3.05) is 31.1 Å². The molecule has 4 rings (SSSR count). The molecule has 1 saturated heterocycles. The molecule has 1 aromatic heterocycles. The Hall–Kier alpha value is -3.38.